The van der Waals surface area contributed by atoms with Crippen LogP contribution in [0, 0.1) is 0 Å². The summed E-state index contributed by atoms with van der Waals surface area (Å²) in [5.41, 5.74) is 2.53. The van der Waals surface area contributed by atoms with Crippen LogP contribution >= 0.6 is 11.8 Å². The van der Waals surface area contributed by atoms with E-state index in [2.05, 4.69) is 10.2 Å². The Balaban J connectivity index is 1.41. The van der Waals surface area contributed by atoms with Crippen molar-refractivity contribution >= 4 is 17.7 Å². The van der Waals surface area contributed by atoms with Crippen molar-refractivity contribution in [2.45, 2.75) is 17.0 Å². The highest BCUT2D eigenvalue weighted by Crippen LogP contribution is 2.37. The monoisotopic (exact) mass is 459 g/mol. The number of thioether (sulfide) groups is 1. The molecule has 1 aliphatic heterocycles. The summed E-state index contributed by atoms with van der Waals surface area (Å²) in [6.07, 6.45) is -0.388. The number of aromatic nitrogens is 3. The van der Waals surface area contributed by atoms with Gasteiger partial charge in [0.1, 0.15) is 6.61 Å². The number of benzene rings is 3. The fourth-order valence-electron chi connectivity index (χ4n) is 3.55. The molecule has 0 radical (unpaired) electrons. The summed E-state index contributed by atoms with van der Waals surface area (Å²) in [4.78, 5) is 11.7. The molecule has 2 heterocycles. The second-order valence-corrected chi connectivity index (χ2v) is 8.30. The SMILES string of the molecule is COC(=O)c1ccc(CSc2nnc([C@H]3COc4ccccc4O3)n2-c2ccccc2)cc1. The molecule has 0 fully saturated rings. The van der Waals surface area contributed by atoms with E-state index in [0.717, 1.165) is 22.2 Å². The topological polar surface area (TPSA) is 75.5 Å². The van der Waals surface area contributed by atoms with Gasteiger partial charge in [0.25, 0.3) is 0 Å². The predicted octanol–water partition coefficient (Wildman–Crippen LogP) is 4.86. The molecule has 0 aliphatic carbocycles. The highest BCUT2D eigenvalue weighted by atomic mass is 32.2. The number of carbonyl (C=O) groups is 1. The van der Waals surface area contributed by atoms with Crippen molar-refractivity contribution in [3.8, 4) is 17.2 Å². The first-order valence-corrected chi connectivity index (χ1v) is 11.4. The molecule has 0 saturated carbocycles. The summed E-state index contributed by atoms with van der Waals surface area (Å²) in [6, 6.07) is 24.9. The lowest BCUT2D eigenvalue weighted by molar-refractivity contribution is 0.0600. The molecule has 0 N–H and O–H groups in total. The molecule has 0 spiro atoms. The number of esters is 1. The van der Waals surface area contributed by atoms with Crippen LogP contribution in [0.4, 0.5) is 0 Å². The normalized spacial score (nSPS) is 14.6. The third-order valence-corrected chi connectivity index (χ3v) is 6.21. The average Bonchev–Trinajstić information content (AvgIpc) is 3.31. The van der Waals surface area contributed by atoms with Gasteiger partial charge in [0, 0.05) is 11.4 Å². The summed E-state index contributed by atoms with van der Waals surface area (Å²) in [5.74, 6) is 2.41. The fourth-order valence-corrected chi connectivity index (χ4v) is 4.47. The largest absolute Gasteiger partial charge is 0.485 e. The van der Waals surface area contributed by atoms with Crippen molar-refractivity contribution < 1.29 is 19.0 Å². The van der Waals surface area contributed by atoms with E-state index in [1.165, 1.54) is 7.11 Å². The van der Waals surface area contributed by atoms with Gasteiger partial charge in [-0.3, -0.25) is 4.57 Å². The number of hydrogen-bond acceptors (Lipinski definition) is 7. The lowest BCUT2D eigenvalue weighted by atomic mass is 10.1. The van der Waals surface area contributed by atoms with E-state index in [9.17, 15) is 4.79 Å². The average molecular weight is 460 g/mol. The quantitative estimate of drug-likeness (QED) is 0.301. The number of ether oxygens (including phenoxy) is 3. The first kappa shape index (κ1) is 21.1. The molecule has 166 valence electrons. The van der Waals surface area contributed by atoms with Gasteiger partial charge >= 0.3 is 5.97 Å². The maximum Gasteiger partial charge on any atom is 0.337 e. The summed E-state index contributed by atoms with van der Waals surface area (Å²) >= 11 is 1.56. The van der Waals surface area contributed by atoms with Gasteiger partial charge < -0.3 is 14.2 Å². The lowest BCUT2D eigenvalue weighted by Gasteiger charge is -2.26. The maximum atomic E-state index is 11.7. The molecule has 1 atom stereocenters. The fraction of sp³-hybridized carbons (Fsp3) is 0.160. The number of fused-ring (bicyclic) bond motifs is 1. The molecule has 3 aromatic carbocycles. The first-order chi connectivity index (χ1) is 16.2. The minimum atomic E-state index is -0.388. The van der Waals surface area contributed by atoms with Gasteiger partial charge in [-0.1, -0.05) is 54.2 Å². The zero-order valence-corrected chi connectivity index (χ0v) is 18.7. The van der Waals surface area contributed by atoms with Crippen LogP contribution in [-0.2, 0) is 10.5 Å². The molecule has 8 heteroatoms. The van der Waals surface area contributed by atoms with Crippen molar-refractivity contribution in [1.82, 2.24) is 14.8 Å². The molecule has 0 amide bonds. The van der Waals surface area contributed by atoms with Crippen LogP contribution in [0.2, 0.25) is 0 Å². The van der Waals surface area contributed by atoms with E-state index >= 15 is 0 Å². The molecular weight excluding hydrogens is 438 g/mol. The second kappa shape index (κ2) is 9.38. The third kappa shape index (κ3) is 4.42. The van der Waals surface area contributed by atoms with Crippen LogP contribution in [0.15, 0.2) is 84.0 Å². The Morgan fingerprint density at radius 1 is 1.00 bits per heavy atom. The van der Waals surface area contributed by atoms with Crippen molar-refractivity contribution in [1.29, 1.82) is 0 Å². The number of carbonyl (C=O) groups excluding carboxylic acids is 1. The van der Waals surface area contributed by atoms with Gasteiger partial charge in [0.05, 0.1) is 12.7 Å². The van der Waals surface area contributed by atoms with Gasteiger partial charge in [0.2, 0.25) is 0 Å². The number of rotatable bonds is 6. The molecular formula is C25H21N3O4S. The Labute approximate surface area is 195 Å². The molecule has 1 aromatic heterocycles. The highest BCUT2D eigenvalue weighted by Gasteiger charge is 2.29. The van der Waals surface area contributed by atoms with Gasteiger partial charge in [0.15, 0.2) is 28.6 Å². The molecule has 5 rings (SSSR count). The van der Waals surface area contributed by atoms with Crippen molar-refractivity contribution in [3.05, 3.63) is 95.8 Å². The summed E-state index contributed by atoms with van der Waals surface area (Å²) in [6.45, 7) is 0.349. The zero-order chi connectivity index (χ0) is 22.6. The molecule has 1 aliphatic rings. The summed E-state index contributed by atoms with van der Waals surface area (Å²) in [5, 5.41) is 9.69. The number of para-hydroxylation sites is 3. The lowest BCUT2D eigenvalue weighted by Crippen LogP contribution is -2.24. The Morgan fingerprint density at radius 2 is 1.73 bits per heavy atom. The van der Waals surface area contributed by atoms with E-state index in [0.29, 0.717) is 29.5 Å². The van der Waals surface area contributed by atoms with E-state index in [1.807, 2.05) is 71.3 Å². The second-order valence-electron chi connectivity index (χ2n) is 7.35. The zero-order valence-electron chi connectivity index (χ0n) is 17.9. The Bertz CT molecular complexity index is 1260. The van der Waals surface area contributed by atoms with Gasteiger partial charge in [-0.25, -0.2) is 4.79 Å². The van der Waals surface area contributed by atoms with E-state index in [-0.39, 0.29) is 12.1 Å². The molecule has 33 heavy (non-hydrogen) atoms. The van der Waals surface area contributed by atoms with Crippen molar-refractivity contribution in [2.75, 3.05) is 13.7 Å². The van der Waals surface area contributed by atoms with Crippen molar-refractivity contribution in [2.24, 2.45) is 0 Å². The van der Waals surface area contributed by atoms with Crippen LogP contribution in [0.3, 0.4) is 0 Å². The molecule has 0 unspecified atom stereocenters. The summed E-state index contributed by atoms with van der Waals surface area (Å²) in [7, 11) is 1.37. The van der Waals surface area contributed by atoms with Crippen molar-refractivity contribution in [3.63, 3.8) is 0 Å². The van der Waals surface area contributed by atoms with Crippen LogP contribution in [0.25, 0.3) is 5.69 Å². The molecule has 0 bridgehead atoms. The number of hydrogen-bond donors (Lipinski definition) is 0. The van der Waals surface area contributed by atoms with E-state index in [4.69, 9.17) is 14.2 Å². The Hall–Kier alpha value is -3.78. The Morgan fingerprint density at radius 3 is 2.48 bits per heavy atom. The third-order valence-electron chi connectivity index (χ3n) is 5.21. The minimum Gasteiger partial charge on any atom is -0.485 e. The predicted molar refractivity (Wildman–Crippen MR) is 124 cm³/mol. The molecule has 0 saturated heterocycles. The Kier molecular flexibility index (Phi) is 5.99. The van der Waals surface area contributed by atoms with Gasteiger partial charge in [-0.15, -0.1) is 10.2 Å². The molecule has 4 aromatic rings. The summed E-state index contributed by atoms with van der Waals surface area (Å²) < 4.78 is 18.9. The van der Waals surface area contributed by atoms with Crippen LogP contribution in [-0.4, -0.2) is 34.5 Å². The van der Waals surface area contributed by atoms with Gasteiger partial charge in [-0.2, -0.15) is 0 Å². The van der Waals surface area contributed by atoms with Crippen LogP contribution in [0.1, 0.15) is 27.8 Å². The highest BCUT2D eigenvalue weighted by molar-refractivity contribution is 7.98. The van der Waals surface area contributed by atoms with E-state index < -0.39 is 0 Å². The standard InChI is InChI=1S/C25H21N3O4S/c1-30-24(29)18-13-11-17(12-14-18)16-33-25-27-26-23(28(25)19-7-3-2-4-8-19)22-15-31-20-9-5-6-10-21(20)32-22/h2-14,22H,15-16H2,1H3/t22-/m1/s1. The van der Waals surface area contributed by atoms with Crippen LogP contribution in [0.5, 0.6) is 11.5 Å². The maximum absolute atomic E-state index is 11.7. The van der Waals surface area contributed by atoms with Crippen LogP contribution < -0.4 is 9.47 Å². The molecule has 7 nitrogen and oxygen atoms in total. The van der Waals surface area contributed by atoms with Gasteiger partial charge in [-0.05, 0) is 42.0 Å². The number of nitrogens with zero attached hydrogens (tertiary/aromatic N) is 3. The minimum absolute atomic E-state index is 0.348. The first-order valence-electron chi connectivity index (χ1n) is 10.4. The smallest absolute Gasteiger partial charge is 0.337 e. The number of methoxy groups -OCH3 is 1. The van der Waals surface area contributed by atoms with E-state index in [1.54, 1.807) is 23.9 Å².